The minimum atomic E-state index is -0.734. The standard InChI is InChI=1S/C38H46N4O8/c1-23-33(43)39-29-18-27(14-16-31(29)47-23)21-41(35(45)49-37(3,4)5)20-25-10-12-26(13-11-25)22-42(9,36(46)50-38(6,7)8)28-15-17-32-30(19-28)40-34(44)24(2)48-32/h10-19,23-24H,20-22H2,1-9H3,(H-,39,40,43,44)/p+1. The molecule has 2 aliphatic rings. The number of nitrogens with zero attached hydrogens (tertiary/aromatic N) is 2. The predicted octanol–water partition coefficient (Wildman–Crippen LogP) is 7.14. The highest BCUT2D eigenvalue weighted by atomic mass is 16.6. The number of benzene rings is 3. The summed E-state index contributed by atoms with van der Waals surface area (Å²) in [5.41, 5.74) is 2.68. The van der Waals surface area contributed by atoms with E-state index in [0.717, 1.165) is 16.7 Å². The van der Waals surface area contributed by atoms with E-state index in [0.29, 0.717) is 28.6 Å². The zero-order valence-corrected chi connectivity index (χ0v) is 30.2. The van der Waals surface area contributed by atoms with Crippen LogP contribution >= 0.6 is 0 Å². The SMILES string of the molecule is CC1Oc2ccc(CN(Cc3ccc(C[N+](C)(C(=O)OC(C)(C)C)c4ccc5c(c4)NC(=O)C(C)O5)cc3)C(=O)OC(C)(C)C)cc2NC1=O. The normalized spacial score (nSPS) is 18.2. The molecule has 50 heavy (non-hydrogen) atoms. The first-order chi connectivity index (χ1) is 23.3. The van der Waals surface area contributed by atoms with Crippen LogP contribution in [-0.2, 0) is 38.7 Å². The second-order valence-corrected chi connectivity index (χ2v) is 15.0. The Hall–Kier alpha value is -5.10. The molecule has 4 amide bonds. The Morgan fingerprint density at radius 1 is 0.720 bits per heavy atom. The van der Waals surface area contributed by atoms with Crippen LogP contribution in [0.2, 0.25) is 0 Å². The van der Waals surface area contributed by atoms with E-state index in [4.69, 9.17) is 18.9 Å². The minimum absolute atomic E-state index is 0.223. The average molecular weight is 688 g/mol. The van der Waals surface area contributed by atoms with Gasteiger partial charge in [0.1, 0.15) is 34.9 Å². The number of rotatable bonds is 7. The fourth-order valence-electron chi connectivity index (χ4n) is 5.55. The van der Waals surface area contributed by atoms with Gasteiger partial charge in [0, 0.05) is 30.8 Å². The third kappa shape index (κ3) is 8.54. The molecule has 2 heterocycles. The molecule has 0 bridgehead atoms. The molecular weight excluding hydrogens is 640 g/mol. The Kier molecular flexibility index (Phi) is 9.89. The van der Waals surface area contributed by atoms with Crippen LogP contribution in [0.15, 0.2) is 60.7 Å². The van der Waals surface area contributed by atoms with Crippen LogP contribution in [0.25, 0.3) is 0 Å². The van der Waals surface area contributed by atoms with E-state index in [2.05, 4.69) is 10.6 Å². The van der Waals surface area contributed by atoms with Crippen molar-refractivity contribution in [3.05, 3.63) is 77.4 Å². The molecule has 3 unspecified atom stereocenters. The number of anilines is 2. The van der Waals surface area contributed by atoms with E-state index in [-0.39, 0.29) is 35.9 Å². The lowest BCUT2D eigenvalue weighted by Gasteiger charge is -2.34. The van der Waals surface area contributed by atoms with Gasteiger partial charge in [-0.2, -0.15) is 9.28 Å². The second kappa shape index (κ2) is 13.7. The summed E-state index contributed by atoms with van der Waals surface area (Å²) in [7, 11) is 1.77. The number of nitrogens with one attached hydrogen (secondary N) is 2. The van der Waals surface area contributed by atoms with Gasteiger partial charge in [0.15, 0.2) is 12.2 Å². The number of hydrogen-bond donors (Lipinski definition) is 2. The minimum Gasteiger partial charge on any atom is -0.479 e. The van der Waals surface area contributed by atoms with Gasteiger partial charge in [0.25, 0.3) is 11.8 Å². The maximum absolute atomic E-state index is 13.8. The van der Waals surface area contributed by atoms with Crippen molar-refractivity contribution in [2.75, 3.05) is 17.7 Å². The summed E-state index contributed by atoms with van der Waals surface area (Å²) < 4.78 is 22.8. The third-order valence-electron chi connectivity index (χ3n) is 8.16. The first-order valence-corrected chi connectivity index (χ1v) is 16.7. The first kappa shape index (κ1) is 36.2. The first-order valence-electron chi connectivity index (χ1n) is 16.7. The fourth-order valence-corrected chi connectivity index (χ4v) is 5.55. The van der Waals surface area contributed by atoms with Crippen LogP contribution in [0, 0.1) is 0 Å². The highest BCUT2D eigenvalue weighted by Crippen LogP contribution is 2.37. The second-order valence-electron chi connectivity index (χ2n) is 15.0. The van der Waals surface area contributed by atoms with Crippen molar-refractivity contribution in [1.29, 1.82) is 0 Å². The van der Waals surface area contributed by atoms with Gasteiger partial charge in [0.05, 0.1) is 18.4 Å². The Balaban J connectivity index is 1.39. The zero-order valence-electron chi connectivity index (χ0n) is 30.2. The number of fused-ring (bicyclic) bond motifs is 2. The summed E-state index contributed by atoms with van der Waals surface area (Å²) in [5, 5.41) is 5.72. The Bertz CT molecular complexity index is 1790. The molecule has 3 atom stereocenters. The van der Waals surface area contributed by atoms with Crippen LogP contribution in [-0.4, -0.2) is 59.4 Å². The monoisotopic (exact) mass is 687 g/mol. The molecule has 0 aromatic heterocycles. The summed E-state index contributed by atoms with van der Waals surface area (Å²) >= 11 is 0. The van der Waals surface area contributed by atoms with Crippen molar-refractivity contribution >= 4 is 41.1 Å². The number of ether oxygens (including phenoxy) is 4. The molecule has 3 aromatic rings. The summed E-state index contributed by atoms with van der Waals surface area (Å²) in [6, 6.07) is 18.4. The molecular formula is C38H47N4O8+. The molecule has 5 rings (SSSR count). The van der Waals surface area contributed by atoms with Crippen LogP contribution in [0.4, 0.5) is 26.7 Å². The van der Waals surface area contributed by atoms with Gasteiger partial charge >= 0.3 is 12.2 Å². The van der Waals surface area contributed by atoms with Crippen molar-refractivity contribution in [2.45, 2.75) is 98.4 Å². The van der Waals surface area contributed by atoms with Crippen LogP contribution in [0.3, 0.4) is 0 Å². The number of carbonyl (C=O) groups excluding carboxylic acids is 4. The van der Waals surface area contributed by atoms with E-state index in [9.17, 15) is 19.2 Å². The van der Waals surface area contributed by atoms with Gasteiger partial charge in [-0.1, -0.05) is 30.3 Å². The smallest absolute Gasteiger partial charge is 0.479 e. The highest BCUT2D eigenvalue weighted by molar-refractivity contribution is 5.99. The van der Waals surface area contributed by atoms with Gasteiger partial charge in [-0.3, -0.25) is 14.5 Å². The summed E-state index contributed by atoms with van der Waals surface area (Å²) in [4.78, 5) is 53.4. The maximum atomic E-state index is 13.8. The Morgan fingerprint density at radius 2 is 1.20 bits per heavy atom. The molecule has 12 heteroatoms. The quantitative estimate of drug-likeness (QED) is 0.251. The summed E-state index contributed by atoms with van der Waals surface area (Å²) in [6.07, 6.45) is -2.16. The van der Waals surface area contributed by atoms with E-state index in [1.165, 1.54) is 0 Å². The molecule has 12 nitrogen and oxygen atoms in total. The van der Waals surface area contributed by atoms with Crippen LogP contribution in [0.5, 0.6) is 11.5 Å². The fraction of sp³-hybridized carbons (Fsp3) is 0.421. The predicted molar refractivity (Wildman–Crippen MR) is 190 cm³/mol. The van der Waals surface area contributed by atoms with Crippen molar-refractivity contribution in [1.82, 2.24) is 9.38 Å². The number of hydrogen-bond acceptors (Lipinski definition) is 8. The van der Waals surface area contributed by atoms with E-state index >= 15 is 0 Å². The Morgan fingerprint density at radius 3 is 1.76 bits per heavy atom. The lowest BCUT2D eigenvalue weighted by atomic mass is 10.1. The van der Waals surface area contributed by atoms with Crippen molar-refractivity contribution in [3.63, 3.8) is 0 Å². The van der Waals surface area contributed by atoms with Crippen molar-refractivity contribution in [3.8, 4) is 11.5 Å². The van der Waals surface area contributed by atoms with Crippen molar-refractivity contribution < 1.29 is 38.1 Å². The Labute approximate surface area is 293 Å². The number of amides is 4. The lowest BCUT2D eigenvalue weighted by Crippen LogP contribution is -2.52. The van der Waals surface area contributed by atoms with E-state index in [1.54, 1.807) is 56.1 Å². The molecule has 0 spiro atoms. The van der Waals surface area contributed by atoms with Gasteiger partial charge in [-0.25, -0.2) is 4.79 Å². The molecule has 266 valence electrons. The van der Waals surface area contributed by atoms with E-state index < -0.39 is 35.6 Å². The van der Waals surface area contributed by atoms with Crippen molar-refractivity contribution in [2.24, 2.45) is 0 Å². The van der Waals surface area contributed by atoms with Crippen LogP contribution < -0.4 is 24.6 Å². The zero-order chi connectivity index (χ0) is 36.6. The molecule has 2 aliphatic heterocycles. The molecule has 0 fully saturated rings. The lowest BCUT2D eigenvalue weighted by molar-refractivity contribution is -0.123. The highest BCUT2D eigenvalue weighted by Gasteiger charge is 2.41. The molecule has 0 saturated heterocycles. The molecule has 0 saturated carbocycles. The number of quaternary nitrogens is 1. The van der Waals surface area contributed by atoms with Gasteiger partial charge < -0.3 is 29.6 Å². The van der Waals surface area contributed by atoms with Crippen LogP contribution in [0.1, 0.15) is 72.1 Å². The van der Waals surface area contributed by atoms with Gasteiger partial charge in [-0.05, 0) is 84.7 Å². The van der Waals surface area contributed by atoms with Gasteiger partial charge in [-0.15, -0.1) is 0 Å². The van der Waals surface area contributed by atoms with Gasteiger partial charge in [0.2, 0.25) is 0 Å². The largest absolute Gasteiger partial charge is 0.521 e. The molecule has 2 N–H and O–H groups in total. The topological polar surface area (TPSA) is 133 Å². The summed E-state index contributed by atoms with van der Waals surface area (Å²) in [5.74, 6) is 0.597. The van der Waals surface area contributed by atoms with E-state index in [1.807, 2.05) is 71.9 Å². The average Bonchev–Trinajstić information content (AvgIpc) is 3.01. The third-order valence-corrected chi connectivity index (χ3v) is 8.16. The molecule has 0 aliphatic carbocycles. The summed E-state index contributed by atoms with van der Waals surface area (Å²) in [6.45, 7) is 15.0. The molecule has 0 radical (unpaired) electrons. The number of carbonyl (C=O) groups is 4. The maximum Gasteiger partial charge on any atom is 0.521 e. The molecule has 3 aromatic carbocycles.